The van der Waals surface area contributed by atoms with Crippen molar-refractivity contribution in [1.29, 1.82) is 0 Å². The van der Waals surface area contributed by atoms with Crippen molar-refractivity contribution < 1.29 is 4.79 Å². The van der Waals surface area contributed by atoms with E-state index < -0.39 is 0 Å². The molecule has 0 saturated heterocycles. The van der Waals surface area contributed by atoms with Crippen LogP contribution in [-0.2, 0) is 0 Å². The van der Waals surface area contributed by atoms with E-state index in [9.17, 15) is 4.79 Å². The number of fused-ring (bicyclic) bond motifs is 1. The Labute approximate surface area is 88.7 Å². The van der Waals surface area contributed by atoms with E-state index >= 15 is 0 Å². The Kier molecular flexibility index (Phi) is 2.46. The Bertz CT molecular complexity index is 454. The third-order valence-corrected chi connectivity index (χ3v) is 2.58. The number of benzene rings is 1. The normalized spacial score (nSPS) is 10.5. The number of hydrogen-bond acceptors (Lipinski definition) is 1. The van der Waals surface area contributed by atoms with Gasteiger partial charge in [0.25, 0.3) is 5.91 Å². The zero-order valence-electron chi connectivity index (χ0n) is 8.95. The molecule has 0 bridgehead atoms. The lowest BCUT2D eigenvalue weighted by Crippen LogP contribution is -2.26. The van der Waals surface area contributed by atoms with Gasteiger partial charge in [0.1, 0.15) is 5.69 Å². The standard InChI is InChI=1S/C12H14N2O/c1-3-14(2)12(15)11-8-9-6-4-5-7-10(9)13-11/h4-8,13H,3H2,1-2H3. The molecule has 78 valence electrons. The lowest BCUT2D eigenvalue weighted by molar-refractivity contribution is 0.0797. The molecular formula is C12H14N2O. The molecule has 0 radical (unpaired) electrons. The Morgan fingerprint density at radius 1 is 1.40 bits per heavy atom. The third kappa shape index (κ3) is 1.73. The van der Waals surface area contributed by atoms with Crippen LogP contribution in [0.1, 0.15) is 17.4 Å². The van der Waals surface area contributed by atoms with E-state index in [0.29, 0.717) is 12.2 Å². The summed E-state index contributed by atoms with van der Waals surface area (Å²) in [5.74, 6) is 0.0358. The van der Waals surface area contributed by atoms with Crippen LogP contribution < -0.4 is 0 Å². The van der Waals surface area contributed by atoms with E-state index in [0.717, 1.165) is 10.9 Å². The first-order valence-electron chi connectivity index (χ1n) is 5.05. The maximum atomic E-state index is 11.8. The maximum Gasteiger partial charge on any atom is 0.270 e. The zero-order valence-corrected chi connectivity index (χ0v) is 8.95. The van der Waals surface area contributed by atoms with Gasteiger partial charge < -0.3 is 9.88 Å². The van der Waals surface area contributed by atoms with E-state index in [2.05, 4.69) is 4.98 Å². The van der Waals surface area contributed by atoms with Crippen molar-refractivity contribution in [3.05, 3.63) is 36.0 Å². The molecule has 1 N–H and O–H groups in total. The minimum Gasteiger partial charge on any atom is -0.351 e. The highest BCUT2D eigenvalue weighted by molar-refractivity contribution is 5.97. The number of para-hydroxylation sites is 1. The quantitative estimate of drug-likeness (QED) is 0.796. The van der Waals surface area contributed by atoms with Gasteiger partial charge in [-0.3, -0.25) is 4.79 Å². The summed E-state index contributed by atoms with van der Waals surface area (Å²) in [5, 5.41) is 1.07. The van der Waals surface area contributed by atoms with Crippen LogP contribution in [0.4, 0.5) is 0 Å². The Morgan fingerprint density at radius 3 is 2.80 bits per heavy atom. The van der Waals surface area contributed by atoms with Crippen LogP contribution >= 0.6 is 0 Å². The molecule has 0 saturated carbocycles. The summed E-state index contributed by atoms with van der Waals surface area (Å²) >= 11 is 0. The van der Waals surface area contributed by atoms with Crippen molar-refractivity contribution in [3.8, 4) is 0 Å². The number of rotatable bonds is 2. The van der Waals surface area contributed by atoms with Crippen LogP contribution in [-0.4, -0.2) is 29.4 Å². The molecule has 3 nitrogen and oxygen atoms in total. The van der Waals surface area contributed by atoms with Crippen molar-refractivity contribution in [2.24, 2.45) is 0 Å². The van der Waals surface area contributed by atoms with Gasteiger partial charge in [0.2, 0.25) is 0 Å². The van der Waals surface area contributed by atoms with Crippen molar-refractivity contribution in [1.82, 2.24) is 9.88 Å². The van der Waals surface area contributed by atoms with Crippen LogP contribution in [0.3, 0.4) is 0 Å². The highest BCUT2D eigenvalue weighted by Gasteiger charge is 2.12. The molecule has 0 atom stereocenters. The summed E-state index contributed by atoms with van der Waals surface area (Å²) in [4.78, 5) is 16.6. The number of carbonyl (C=O) groups is 1. The number of nitrogens with one attached hydrogen (secondary N) is 1. The van der Waals surface area contributed by atoms with E-state index in [1.807, 2.05) is 37.3 Å². The minimum atomic E-state index is 0.0358. The minimum absolute atomic E-state index is 0.0358. The summed E-state index contributed by atoms with van der Waals surface area (Å²) in [6.45, 7) is 2.68. The topological polar surface area (TPSA) is 36.1 Å². The molecule has 0 spiro atoms. The summed E-state index contributed by atoms with van der Waals surface area (Å²) in [5.41, 5.74) is 1.66. The van der Waals surface area contributed by atoms with E-state index in [1.165, 1.54) is 0 Å². The molecule has 1 heterocycles. The molecule has 2 rings (SSSR count). The van der Waals surface area contributed by atoms with Gasteiger partial charge in [0, 0.05) is 24.5 Å². The monoisotopic (exact) mass is 202 g/mol. The van der Waals surface area contributed by atoms with Crippen molar-refractivity contribution in [3.63, 3.8) is 0 Å². The van der Waals surface area contributed by atoms with Crippen LogP contribution in [0, 0.1) is 0 Å². The summed E-state index contributed by atoms with van der Waals surface area (Å²) in [6, 6.07) is 9.78. The molecule has 0 fully saturated rings. The number of carbonyl (C=O) groups excluding carboxylic acids is 1. The molecule has 0 unspecified atom stereocenters. The smallest absolute Gasteiger partial charge is 0.270 e. The first kappa shape index (κ1) is 9.77. The fraction of sp³-hybridized carbons (Fsp3) is 0.250. The number of aromatic amines is 1. The molecule has 0 aliphatic heterocycles. The van der Waals surface area contributed by atoms with Gasteiger partial charge in [0.05, 0.1) is 0 Å². The fourth-order valence-corrected chi connectivity index (χ4v) is 1.54. The number of amides is 1. The van der Waals surface area contributed by atoms with Gasteiger partial charge in [-0.2, -0.15) is 0 Å². The molecule has 1 aromatic heterocycles. The van der Waals surface area contributed by atoms with Gasteiger partial charge in [-0.05, 0) is 19.1 Å². The molecule has 3 heteroatoms. The number of aromatic nitrogens is 1. The highest BCUT2D eigenvalue weighted by Crippen LogP contribution is 2.15. The lowest BCUT2D eigenvalue weighted by atomic mass is 10.2. The number of hydrogen-bond donors (Lipinski definition) is 1. The van der Waals surface area contributed by atoms with Crippen molar-refractivity contribution in [2.45, 2.75) is 6.92 Å². The lowest BCUT2D eigenvalue weighted by Gasteiger charge is -2.12. The molecule has 15 heavy (non-hydrogen) atoms. The van der Waals surface area contributed by atoms with Crippen LogP contribution in [0.25, 0.3) is 10.9 Å². The van der Waals surface area contributed by atoms with Gasteiger partial charge in [-0.1, -0.05) is 18.2 Å². The SMILES string of the molecule is CCN(C)C(=O)c1cc2ccccc2[nH]1. The summed E-state index contributed by atoms with van der Waals surface area (Å²) in [7, 11) is 1.80. The average Bonchev–Trinajstić information content (AvgIpc) is 2.70. The molecule has 0 aliphatic rings. The largest absolute Gasteiger partial charge is 0.351 e. The predicted octanol–water partition coefficient (Wildman–Crippen LogP) is 2.26. The van der Waals surface area contributed by atoms with Crippen LogP contribution in [0.5, 0.6) is 0 Å². The Hall–Kier alpha value is -1.77. The van der Waals surface area contributed by atoms with Crippen molar-refractivity contribution in [2.75, 3.05) is 13.6 Å². The van der Waals surface area contributed by atoms with Crippen molar-refractivity contribution >= 4 is 16.8 Å². The molecule has 2 aromatic rings. The predicted molar refractivity (Wildman–Crippen MR) is 60.9 cm³/mol. The summed E-state index contributed by atoms with van der Waals surface area (Å²) < 4.78 is 0. The number of nitrogens with zero attached hydrogens (tertiary/aromatic N) is 1. The van der Waals surface area contributed by atoms with Gasteiger partial charge in [-0.25, -0.2) is 0 Å². The van der Waals surface area contributed by atoms with Crippen LogP contribution in [0.15, 0.2) is 30.3 Å². The zero-order chi connectivity index (χ0) is 10.8. The van der Waals surface area contributed by atoms with Gasteiger partial charge in [-0.15, -0.1) is 0 Å². The molecule has 0 aliphatic carbocycles. The Morgan fingerprint density at radius 2 is 2.13 bits per heavy atom. The summed E-state index contributed by atoms with van der Waals surface area (Å²) in [6.07, 6.45) is 0. The molecule has 1 amide bonds. The maximum absolute atomic E-state index is 11.8. The van der Waals surface area contributed by atoms with Crippen LogP contribution in [0.2, 0.25) is 0 Å². The molecular weight excluding hydrogens is 188 g/mol. The van der Waals surface area contributed by atoms with E-state index in [1.54, 1.807) is 11.9 Å². The first-order chi connectivity index (χ1) is 7.22. The van der Waals surface area contributed by atoms with Gasteiger partial charge in [0.15, 0.2) is 0 Å². The third-order valence-electron chi connectivity index (χ3n) is 2.58. The second kappa shape index (κ2) is 3.77. The second-order valence-electron chi connectivity index (χ2n) is 3.59. The second-order valence-corrected chi connectivity index (χ2v) is 3.59. The first-order valence-corrected chi connectivity index (χ1v) is 5.05. The Balaban J connectivity index is 2.41. The van der Waals surface area contributed by atoms with E-state index in [-0.39, 0.29) is 5.91 Å². The van der Waals surface area contributed by atoms with Gasteiger partial charge >= 0.3 is 0 Å². The number of H-pyrrole nitrogens is 1. The molecule has 1 aromatic carbocycles. The van der Waals surface area contributed by atoms with E-state index in [4.69, 9.17) is 0 Å². The highest BCUT2D eigenvalue weighted by atomic mass is 16.2. The average molecular weight is 202 g/mol. The fourth-order valence-electron chi connectivity index (χ4n) is 1.54.